The molecule has 3 aromatic rings. The molecule has 2 heterocycles. The molecule has 0 radical (unpaired) electrons. The van der Waals surface area contributed by atoms with Crippen LogP contribution < -0.4 is 10.1 Å². The van der Waals surface area contributed by atoms with Gasteiger partial charge in [-0.05, 0) is 54.0 Å². The molecule has 1 amide bonds. The smallest absolute Gasteiger partial charge is 0.262 e. The predicted octanol–water partition coefficient (Wildman–Crippen LogP) is 3.93. The number of nitrogens with one attached hydrogen (secondary N) is 1. The second kappa shape index (κ2) is 7.18. The maximum atomic E-state index is 13.0. The van der Waals surface area contributed by atoms with Crippen LogP contribution in [0.5, 0.6) is 5.75 Å². The lowest BCUT2D eigenvalue weighted by Gasteiger charge is -2.09. The Kier molecular flexibility index (Phi) is 4.98. The first-order valence-corrected chi connectivity index (χ1v) is 8.44. The summed E-state index contributed by atoms with van der Waals surface area (Å²) in [6, 6.07) is 6.01. The van der Waals surface area contributed by atoms with E-state index in [1.807, 2.05) is 18.5 Å². The Hall–Kier alpha value is -2.48. The Morgan fingerprint density at radius 3 is 2.88 bits per heavy atom. The number of pyridine rings is 1. The van der Waals surface area contributed by atoms with Gasteiger partial charge in [0.05, 0.1) is 22.6 Å². The standard InChI is InChI=1S/C17H16BrFN4O2/c1-10(2)23-17-11(7-21-23)5-13(8-20-17)22-16(24)9-25-15-4-3-12(19)6-14(15)18/h3-8,10H,9H2,1-2H3,(H,22,24). The zero-order chi connectivity index (χ0) is 18.0. The first-order valence-electron chi connectivity index (χ1n) is 7.65. The fraction of sp³-hybridized carbons (Fsp3) is 0.235. The van der Waals surface area contributed by atoms with Gasteiger partial charge in [0.2, 0.25) is 0 Å². The molecule has 0 fully saturated rings. The Morgan fingerprint density at radius 2 is 2.16 bits per heavy atom. The minimum atomic E-state index is -0.384. The third kappa shape index (κ3) is 3.96. The zero-order valence-electron chi connectivity index (χ0n) is 13.7. The first kappa shape index (κ1) is 17.3. The van der Waals surface area contributed by atoms with Crippen molar-refractivity contribution >= 4 is 38.6 Å². The number of aromatic nitrogens is 3. The van der Waals surface area contributed by atoms with E-state index in [-0.39, 0.29) is 24.4 Å². The molecular weight excluding hydrogens is 391 g/mol. The maximum Gasteiger partial charge on any atom is 0.262 e. The predicted molar refractivity (Wildman–Crippen MR) is 96.1 cm³/mol. The number of fused-ring (bicyclic) bond motifs is 1. The molecule has 0 bridgehead atoms. The number of amides is 1. The van der Waals surface area contributed by atoms with Crippen molar-refractivity contribution in [1.29, 1.82) is 0 Å². The molecule has 0 spiro atoms. The SMILES string of the molecule is CC(C)n1ncc2cc(NC(=O)COc3ccc(F)cc3Br)cnc21. The topological polar surface area (TPSA) is 69.0 Å². The maximum absolute atomic E-state index is 13.0. The van der Waals surface area contributed by atoms with Crippen LogP contribution in [0.1, 0.15) is 19.9 Å². The summed E-state index contributed by atoms with van der Waals surface area (Å²) in [4.78, 5) is 16.4. The van der Waals surface area contributed by atoms with Gasteiger partial charge in [-0.25, -0.2) is 14.1 Å². The molecule has 130 valence electrons. The minimum absolute atomic E-state index is 0.201. The average Bonchev–Trinajstić information content (AvgIpc) is 2.97. The van der Waals surface area contributed by atoms with Crippen LogP contribution in [0.25, 0.3) is 11.0 Å². The summed E-state index contributed by atoms with van der Waals surface area (Å²) >= 11 is 3.19. The van der Waals surface area contributed by atoms with Gasteiger partial charge in [0.1, 0.15) is 11.6 Å². The third-order valence-electron chi connectivity index (χ3n) is 3.46. The fourth-order valence-corrected chi connectivity index (χ4v) is 2.78. The van der Waals surface area contributed by atoms with Gasteiger partial charge in [0, 0.05) is 11.4 Å². The lowest BCUT2D eigenvalue weighted by atomic mass is 10.3. The van der Waals surface area contributed by atoms with E-state index >= 15 is 0 Å². The highest BCUT2D eigenvalue weighted by molar-refractivity contribution is 9.10. The molecule has 3 rings (SSSR count). The molecular formula is C17H16BrFN4O2. The van der Waals surface area contributed by atoms with E-state index in [2.05, 4.69) is 31.3 Å². The third-order valence-corrected chi connectivity index (χ3v) is 4.08. The lowest BCUT2D eigenvalue weighted by Crippen LogP contribution is -2.20. The number of rotatable bonds is 5. The van der Waals surface area contributed by atoms with Crippen molar-refractivity contribution in [1.82, 2.24) is 14.8 Å². The van der Waals surface area contributed by atoms with Gasteiger partial charge in [-0.3, -0.25) is 4.79 Å². The van der Waals surface area contributed by atoms with Gasteiger partial charge in [-0.15, -0.1) is 0 Å². The number of hydrogen-bond donors (Lipinski definition) is 1. The molecule has 1 N–H and O–H groups in total. The summed E-state index contributed by atoms with van der Waals surface area (Å²) in [5.74, 6) is -0.332. The van der Waals surface area contributed by atoms with Gasteiger partial charge in [0.25, 0.3) is 5.91 Å². The number of halogens is 2. The Morgan fingerprint density at radius 1 is 1.36 bits per heavy atom. The van der Waals surface area contributed by atoms with E-state index in [0.717, 1.165) is 11.0 Å². The van der Waals surface area contributed by atoms with Crippen LogP contribution in [0, 0.1) is 5.82 Å². The van der Waals surface area contributed by atoms with Crippen molar-refractivity contribution in [3.05, 3.63) is 46.9 Å². The van der Waals surface area contributed by atoms with Crippen LogP contribution in [-0.4, -0.2) is 27.3 Å². The fourth-order valence-electron chi connectivity index (χ4n) is 2.32. The molecule has 8 heteroatoms. The first-order chi connectivity index (χ1) is 11.9. The number of ether oxygens (including phenoxy) is 1. The Bertz CT molecular complexity index is 926. The van der Waals surface area contributed by atoms with Crippen molar-refractivity contribution in [2.45, 2.75) is 19.9 Å². The van der Waals surface area contributed by atoms with Crippen LogP contribution >= 0.6 is 15.9 Å². The van der Waals surface area contributed by atoms with E-state index in [0.29, 0.717) is 15.9 Å². The van der Waals surface area contributed by atoms with Gasteiger partial charge in [-0.1, -0.05) is 0 Å². The Balaban J connectivity index is 1.65. The molecule has 2 aromatic heterocycles. The number of nitrogens with zero attached hydrogens (tertiary/aromatic N) is 3. The van der Waals surface area contributed by atoms with Crippen molar-refractivity contribution in [3.8, 4) is 5.75 Å². The quantitative estimate of drug-likeness (QED) is 0.696. The number of carbonyl (C=O) groups excluding carboxylic acids is 1. The summed E-state index contributed by atoms with van der Waals surface area (Å²) in [6.45, 7) is 3.84. The summed E-state index contributed by atoms with van der Waals surface area (Å²) in [5, 5.41) is 7.85. The van der Waals surface area contributed by atoms with Crippen molar-refractivity contribution in [2.75, 3.05) is 11.9 Å². The molecule has 0 unspecified atom stereocenters. The summed E-state index contributed by atoms with van der Waals surface area (Å²) in [6.07, 6.45) is 3.29. The largest absolute Gasteiger partial charge is 0.483 e. The van der Waals surface area contributed by atoms with E-state index in [1.165, 1.54) is 18.2 Å². The minimum Gasteiger partial charge on any atom is -0.483 e. The van der Waals surface area contributed by atoms with Gasteiger partial charge in [-0.2, -0.15) is 5.10 Å². The molecule has 25 heavy (non-hydrogen) atoms. The van der Waals surface area contributed by atoms with Crippen molar-refractivity contribution in [2.24, 2.45) is 0 Å². The molecule has 0 aliphatic carbocycles. The molecule has 6 nitrogen and oxygen atoms in total. The van der Waals surface area contributed by atoms with Crippen LogP contribution in [0.4, 0.5) is 10.1 Å². The molecule has 0 saturated carbocycles. The van der Waals surface area contributed by atoms with E-state index in [9.17, 15) is 9.18 Å². The van der Waals surface area contributed by atoms with E-state index < -0.39 is 0 Å². The van der Waals surface area contributed by atoms with Gasteiger partial charge in [0.15, 0.2) is 12.3 Å². The molecule has 0 saturated heterocycles. The van der Waals surface area contributed by atoms with Crippen molar-refractivity contribution < 1.29 is 13.9 Å². The number of carbonyl (C=O) groups is 1. The van der Waals surface area contributed by atoms with Crippen LogP contribution in [0.2, 0.25) is 0 Å². The van der Waals surface area contributed by atoms with Crippen LogP contribution in [0.15, 0.2) is 41.1 Å². The Labute approximate surface area is 152 Å². The summed E-state index contributed by atoms with van der Waals surface area (Å²) in [5.41, 5.74) is 1.32. The second-order valence-corrected chi connectivity index (χ2v) is 6.59. The highest BCUT2D eigenvalue weighted by atomic mass is 79.9. The molecule has 0 atom stereocenters. The van der Waals surface area contributed by atoms with Crippen LogP contribution in [0.3, 0.4) is 0 Å². The summed E-state index contributed by atoms with van der Waals surface area (Å²) in [7, 11) is 0. The van der Waals surface area contributed by atoms with Gasteiger partial charge >= 0.3 is 0 Å². The van der Waals surface area contributed by atoms with E-state index in [4.69, 9.17) is 4.74 Å². The van der Waals surface area contributed by atoms with E-state index in [1.54, 1.807) is 18.5 Å². The highest BCUT2D eigenvalue weighted by Gasteiger charge is 2.10. The monoisotopic (exact) mass is 406 g/mol. The molecule has 0 aliphatic rings. The molecule has 1 aromatic carbocycles. The second-order valence-electron chi connectivity index (χ2n) is 5.73. The van der Waals surface area contributed by atoms with Crippen LogP contribution in [-0.2, 0) is 4.79 Å². The lowest BCUT2D eigenvalue weighted by molar-refractivity contribution is -0.118. The van der Waals surface area contributed by atoms with Crippen molar-refractivity contribution in [3.63, 3.8) is 0 Å². The number of hydrogen-bond acceptors (Lipinski definition) is 4. The normalized spacial score (nSPS) is 11.1. The zero-order valence-corrected chi connectivity index (χ0v) is 15.2. The van der Waals surface area contributed by atoms with Gasteiger partial charge < -0.3 is 10.1 Å². The average molecular weight is 407 g/mol. The highest BCUT2D eigenvalue weighted by Crippen LogP contribution is 2.25. The number of benzene rings is 1. The molecule has 0 aliphatic heterocycles. The number of anilines is 1. The summed E-state index contributed by atoms with van der Waals surface area (Å²) < 4.78 is 20.7.